The summed E-state index contributed by atoms with van der Waals surface area (Å²) in [7, 11) is 0. The number of carbonyl (C=O) groups excluding carboxylic acids is 1. The summed E-state index contributed by atoms with van der Waals surface area (Å²) in [4.78, 5) is 24.5. The minimum atomic E-state index is -0.506. The Balaban J connectivity index is 2.00. The van der Waals surface area contributed by atoms with Gasteiger partial charge >= 0.3 is 5.63 Å². The molecule has 0 saturated carbocycles. The Kier molecular flexibility index (Phi) is 3.98. The van der Waals surface area contributed by atoms with Gasteiger partial charge < -0.3 is 9.73 Å². The molecule has 116 valence electrons. The lowest BCUT2D eigenvalue weighted by atomic mass is 10.1. The third-order valence-electron chi connectivity index (χ3n) is 3.87. The van der Waals surface area contributed by atoms with Gasteiger partial charge in [0.05, 0.1) is 5.39 Å². The van der Waals surface area contributed by atoms with Crippen molar-refractivity contribution in [2.75, 3.05) is 5.32 Å². The summed E-state index contributed by atoms with van der Waals surface area (Å²) in [5.41, 5.74) is 2.28. The van der Waals surface area contributed by atoms with Crippen LogP contribution >= 0.6 is 0 Å². The van der Waals surface area contributed by atoms with Crippen molar-refractivity contribution in [1.82, 2.24) is 0 Å². The number of nitrogens with one attached hydrogen (secondary N) is 1. The fraction of sp³-hybridized carbons (Fsp3) is 0.158. The summed E-state index contributed by atoms with van der Waals surface area (Å²) in [6.45, 7) is 3.96. The molecule has 0 aliphatic carbocycles. The van der Waals surface area contributed by atoms with Gasteiger partial charge in [-0.1, -0.05) is 43.3 Å². The molecule has 2 aromatic carbocycles. The Bertz CT molecular complexity index is 941. The lowest BCUT2D eigenvalue weighted by molar-refractivity contribution is 0.0993. The van der Waals surface area contributed by atoms with Crippen molar-refractivity contribution in [3.8, 4) is 0 Å². The number of hydrogen-bond acceptors (Lipinski definition) is 3. The summed E-state index contributed by atoms with van der Waals surface area (Å²) in [6.07, 6.45) is 0.805. The summed E-state index contributed by atoms with van der Waals surface area (Å²) in [5.74, 6) is -0.407. The van der Waals surface area contributed by atoms with E-state index in [4.69, 9.17) is 4.42 Å². The molecule has 0 aliphatic heterocycles. The first-order valence-corrected chi connectivity index (χ1v) is 7.53. The second-order valence-electron chi connectivity index (χ2n) is 5.40. The molecule has 4 heteroatoms. The number of anilines is 1. The van der Waals surface area contributed by atoms with Gasteiger partial charge in [0.1, 0.15) is 0 Å². The molecule has 1 heterocycles. The Labute approximate surface area is 133 Å². The van der Waals surface area contributed by atoms with E-state index in [2.05, 4.69) is 5.32 Å². The molecule has 23 heavy (non-hydrogen) atoms. The first-order valence-electron chi connectivity index (χ1n) is 7.53. The van der Waals surface area contributed by atoms with Crippen LogP contribution in [0.1, 0.15) is 28.6 Å². The number of fused-ring (bicyclic) bond motifs is 1. The molecule has 1 amide bonds. The summed E-state index contributed by atoms with van der Waals surface area (Å²) in [5, 5.41) is 4.02. The van der Waals surface area contributed by atoms with Crippen LogP contribution in [-0.4, -0.2) is 5.91 Å². The minimum Gasteiger partial charge on any atom is -0.417 e. The first-order chi connectivity index (χ1) is 11.1. The van der Waals surface area contributed by atoms with Gasteiger partial charge in [-0.3, -0.25) is 4.79 Å². The predicted octanol–water partition coefficient (Wildman–Crippen LogP) is 3.92. The fourth-order valence-electron chi connectivity index (χ4n) is 2.62. The highest BCUT2D eigenvalue weighted by molar-refractivity contribution is 6.04. The van der Waals surface area contributed by atoms with Gasteiger partial charge in [0.15, 0.2) is 5.76 Å². The van der Waals surface area contributed by atoms with Crippen molar-refractivity contribution in [3.05, 3.63) is 75.8 Å². The van der Waals surface area contributed by atoms with Crippen molar-refractivity contribution < 1.29 is 9.21 Å². The summed E-state index contributed by atoms with van der Waals surface area (Å²) >= 11 is 0. The van der Waals surface area contributed by atoms with Crippen LogP contribution in [0.2, 0.25) is 0 Å². The topological polar surface area (TPSA) is 59.3 Å². The van der Waals surface area contributed by atoms with Gasteiger partial charge in [-0.25, -0.2) is 4.79 Å². The highest BCUT2D eigenvalue weighted by Gasteiger charge is 2.14. The average molecular weight is 307 g/mol. The van der Waals surface area contributed by atoms with E-state index in [1.165, 1.54) is 0 Å². The minimum absolute atomic E-state index is 0.0130. The molecule has 0 bridgehead atoms. The van der Waals surface area contributed by atoms with E-state index >= 15 is 0 Å². The van der Waals surface area contributed by atoms with E-state index in [-0.39, 0.29) is 5.76 Å². The number of rotatable bonds is 3. The number of amides is 1. The van der Waals surface area contributed by atoms with Crippen LogP contribution in [0, 0.1) is 6.92 Å². The SMILES string of the molecule is CCc1cccc(C)c1NC(=O)c1cc2ccccc2c(=O)o1. The third kappa shape index (κ3) is 2.88. The third-order valence-corrected chi connectivity index (χ3v) is 3.87. The van der Waals surface area contributed by atoms with Gasteiger partial charge in [0.25, 0.3) is 5.91 Å². The molecule has 0 saturated heterocycles. The predicted molar refractivity (Wildman–Crippen MR) is 91.0 cm³/mol. The maximum Gasteiger partial charge on any atom is 0.344 e. The molecule has 0 radical (unpaired) electrons. The van der Waals surface area contributed by atoms with E-state index < -0.39 is 11.5 Å². The zero-order valence-electron chi connectivity index (χ0n) is 13.1. The highest BCUT2D eigenvalue weighted by Crippen LogP contribution is 2.22. The number of para-hydroxylation sites is 1. The normalized spacial score (nSPS) is 10.7. The van der Waals surface area contributed by atoms with E-state index in [0.717, 1.165) is 23.2 Å². The standard InChI is InChI=1S/C19H17NO3/c1-3-13-9-6-7-12(2)17(13)20-18(21)16-11-14-8-4-5-10-15(14)19(22)23-16/h4-11H,3H2,1-2H3,(H,20,21). The van der Waals surface area contributed by atoms with E-state index in [9.17, 15) is 9.59 Å². The van der Waals surface area contributed by atoms with Crippen LogP contribution in [0.3, 0.4) is 0 Å². The molecule has 0 spiro atoms. The van der Waals surface area contributed by atoms with Crippen molar-refractivity contribution in [2.24, 2.45) is 0 Å². The highest BCUT2D eigenvalue weighted by atomic mass is 16.4. The molecule has 0 aliphatic rings. The van der Waals surface area contributed by atoms with Crippen molar-refractivity contribution >= 4 is 22.4 Å². The van der Waals surface area contributed by atoms with E-state index in [0.29, 0.717) is 10.8 Å². The fourth-order valence-corrected chi connectivity index (χ4v) is 2.62. The number of hydrogen-bond donors (Lipinski definition) is 1. The Hall–Kier alpha value is -2.88. The zero-order chi connectivity index (χ0) is 16.4. The Morgan fingerprint density at radius 3 is 2.70 bits per heavy atom. The van der Waals surface area contributed by atoms with Gasteiger partial charge in [-0.05, 0) is 42.0 Å². The van der Waals surface area contributed by atoms with Crippen LogP contribution in [0.15, 0.2) is 57.7 Å². The van der Waals surface area contributed by atoms with Gasteiger partial charge in [-0.15, -0.1) is 0 Å². The largest absolute Gasteiger partial charge is 0.417 e. The maximum absolute atomic E-state index is 12.5. The summed E-state index contributed by atoms with van der Waals surface area (Å²) in [6, 6.07) is 14.5. The lowest BCUT2D eigenvalue weighted by Crippen LogP contribution is -2.16. The molecule has 0 unspecified atom stereocenters. The number of benzene rings is 2. The van der Waals surface area contributed by atoms with Crippen LogP contribution in [0.25, 0.3) is 10.8 Å². The van der Waals surface area contributed by atoms with Gasteiger partial charge in [0.2, 0.25) is 0 Å². The van der Waals surface area contributed by atoms with Crippen molar-refractivity contribution in [1.29, 1.82) is 0 Å². The van der Waals surface area contributed by atoms with Crippen LogP contribution in [-0.2, 0) is 6.42 Å². The van der Waals surface area contributed by atoms with Crippen LogP contribution < -0.4 is 10.9 Å². The molecule has 3 rings (SSSR count). The van der Waals surface area contributed by atoms with Crippen molar-refractivity contribution in [3.63, 3.8) is 0 Å². The number of carbonyl (C=O) groups is 1. The molecule has 1 aromatic heterocycles. The molecular weight excluding hydrogens is 290 g/mol. The average Bonchev–Trinajstić information content (AvgIpc) is 2.56. The second kappa shape index (κ2) is 6.08. The Morgan fingerprint density at radius 2 is 1.91 bits per heavy atom. The summed E-state index contributed by atoms with van der Waals surface area (Å²) < 4.78 is 5.17. The second-order valence-corrected chi connectivity index (χ2v) is 5.40. The van der Waals surface area contributed by atoms with Crippen LogP contribution in [0.5, 0.6) is 0 Å². The Morgan fingerprint density at radius 1 is 1.13 bits per heavy atom. The van der Waals surface area contributed by atoms with Gasteiger partial charge in [0, 0.05) is 5.69 Å². The van der Waals surface area contributed by atoms with Gasteiger partial charge in [-0.2, -0.15) is 0 Å². The zero-order valence-corrected chi connectivity index (χ0v) is 13.1. The lowest BCUT2D eigenvalue weighted by Gasteiger charge is -2.12. The van der Waals surface area contributed by atoms with E-state index in [1.807, 2.05) is 38.1 Å². The smallest absolute Gasteiger partial charge is 0.344 e. The molecule has 3 aromatic rings. The quantitative estimate of drug-likeness (QED) is 0.798. The van der Waals surface area contributed by atoms with Crippen LogP contribution in [0.4, 0.5) is 5.69 Å². The molecule has 0 fully saturated rings. The maximum atomic E-state index is 12.5. The molecule has 1 N–H and O–H groups in total. The monoisotopic (exact) mass is 307 g/mol. The molecule has 4 nitrogen and oxygen atoms in total. The number of aryl methyl sites for hydroxylation is 2. The van der Waals surface area contributed by atoms with E-state index in [1.54, 1.807) is 24.3 Å². The molecule has 0 atom stereocenters. The first kappa shape index (κ1) is 15.0. The van der Waals surface area contributed by atoms with Crippen molar-refractivity contribution in [2.45, 2.75) is 20.3 Å². The molecular formula is C19H17NO3.